The van der Waals surface area contributed by atoms with E-state index >= 15 is 0 Å². The topological polar surface area (TPSA) is 110 Å². The minimum absolute atomic E-state index is 0.0405. The normalized spacial score (nSPS) is 11.3. The molecule has 0 atom stereocenters. The second kappa shape index (κ2) is 5.66. The number of hydrogen-bond acceptors (Lipinski definition) is 5. The summed E-state index contributed by atoms with van der Waals surface area (Å²) < 4.78 is 24.1. The minimum atomic E-state index is -3.83. The Bertz CT molecular complexity index is 795. The fourth-order valence-corrected chi connectivity index (χ4v) is 2.97. The van der Waals surface area contributed by atoms with E-state index in [-0.39, 0.29) is 16.3 Å². The number of nitro groups is 1. The fourth-order valence-electron chi connectivity index (χ4n) is 1.62. The molecule has 0 aliphatic rings. The number of carbonyl (C=O) groups is 1. The number of hydrogen-bond donors (Lipinski definition) is 1. The van der Waals surface area contributed by atoms with E-state index < -0.39 is 26.3 Å². The van der Waals surface area contributed by atoms with Crippen molar-refractivity contribution in [2.24, 2.45) is 0 Å². The van der Waals surface area contributed by atoms with Gasteiger partial charge in [-0.15, -0.1) is 0 Å². The Balaban J connectivity index is 2.21. The first-order chi connectivity index (χ1) is 9.79. The van der Waals surface area contributed by atoms with Crippen molar-refractivity contribution in [1.82, 2.24) is 4.98 Å². The van der Waals surface area contributed by atoms with Gasteiger partial charge in [-0.25, -0.2) is 8.42 Å². The van der Waals surface area contributed by atoms with Gasteiger partial charge in [0.1, 0.15) is 5.75 Å². The maximum absolute atomic E-state index is 12.1. The predicted octanol–water partition coefficient (Wildman–Crippen LogP) is 2.23. The van der Waals surface area contributed by atoms with Crippen LogP contribution >= 0.6 is 11.6 Å². The van der Waals surface area contributed by atoms with Crippen LogP contribution in [0.1, 0.15) is 10.5 Å². The van der Waals surface area contributed by atoms with Gasteiger partial charge in [0.2, 0.25) is 0 Å². The van der Waals surface area contributed by atoms with E-state index in [0.717, 1.165) is 12.3 Å². The highest BCUT2D eigenvalue weighted by Gasteiger charge is 2.22. The van der Waals surface area contributed by atoms with E-state index in [1.165, 1.54) is 24.3 Å². The number of benzene rings is 1. The SMILES string of the molecule is O=C(CS(=O)(=O)c1ccc(Cl)cc1)c1cc([N+](=O)[O-])c[nH]1. The Morgan fingerprint density at radius 1 is 1.29 bits per heavy atom. The van der Waals surface area contributed by atoms with Crippen LogP contribution in [0.2, 0.25) is 5.02 Å². The lowest BCUT2D eigenvalue weighted by atomic mass is 10.3. The molecular weight excluding hydrogens is 320 g/mol. The number of aromatic amines is 1. The first-order valence-electron chi connectivity index (χ1n) is 5.64. The lowest BCUT2D eigenvalue weighted by Crippen LogP contribution is -2.16. The maximum atomic E-state index is 12.1. The van der Waals surface area contributed by atoms with Crippen molar-refractivity contribution in [3.05, 3.63) is 57.4 Å². The van der Waals surface area contributed by atoms with Gasteiger partial charge in [-0.2, -0.15) is 0 Å². The summed E-state index contributed by atoms with van der Waals surface area (Å²) in [6, 6.07) is 6.39. The predicted molar refractivity (Wildman–Crippen MR) is 75.3 cm³/mol. The van der Waals surface area contributed by atoms with E-state index in [0.29, 0.717) is 5.02 Å². The number of rotatable bonds is 5. The van der Waals surface area contributed by atoms with E-state index in [2.05, 4.69) is 4.98 Å². The number of nitrogens with zero attached hydrogens (tertiary/aromatic N) is 1. The molecule has 0 spiro atoms. The molecule has 1 heterocycles. The zero-order valence-electron chi connectivity index (χ0n) is 10.4. The van der Waals surface area contributed by atoms with Gasteiger partial charge in [-0.3, -0.25) is 14.9 Å². The number of ketones is 1. The third-order valence-corrected chi connectivity index (χ3v) is 4.56. The molecule has 21 heavy (non-hydrogen) atoms. The molecule has 2 rings (SSSR count). The Kier molecular flexibility index (Phi) is 4.10. The smallest absolute Gasteiger partial charge is 0.287 e. The van der Waals surface area contributed by atoms with Crippen LogP contribution in [0.25, 0.3) is 0 Å². The van der Waals surface area contributed by atoms with Crippen LogP contribution in [0.3, 0.4) is 0 Å². The summed E-state index contributed by atoms with van der Waals surface area (Å²) in [6.45, 7) is 0. The molecular formula is C12H9ClN2O5S. The highest BCUT2D eigenvalue weighted by atomic mass is 35.5. The average Bonchev–Trinajstić information content (AvgIpc) is 2.88. The summed E-state index contributed by atoms with van der Waals surface area (Å²) in [6.07, 6.45) is 1.03. The van der Waals surface area contributed by atoms with Crippen molar-refractivity contribution in [3.8, 4) is 0 Å². The Morgan fingerprint density at radius 2 is 1.90 bits per heavy atom. The summed E-state index contributed by atoms with van der Waals surface area (Å²) in [5.41, 5.74) is -0.429. The molecule has 0 radical (unpaired) electrons. The molecule has 110 valence electrons. The molecule has 0 aliphatic heterocycles. The van der Waals surface area contributed by atoms with Gasteiger partial charge in [-0.1, -0.05) is 11.6 Å². The summed E-state index contributed by atoms with van der Waals surface area (Å²) in [5.74, 6) is -1.54. The van der Waals surface area contributed by atoms with Gasteiger partial charge in [0, 0.05) is 11.1 Å². The van der Waals surface area contributed by atoms with Crippen LogP contribution in [0.15, 0.2) is 41.4 Å². The Hall–Kier alpha value is -2.19. The van der Waals surface area contributed by atoms with Crippen molar-refractivity contribution in [3.63, 3.8) is 0 Å². The molecule has 1 aromatic heterocycles. The molecule has 0 fully saturated rings. The lowest BCUT2D eigenvalue weighted by Gasteiger charge is -2.03. The second-order valence-corrected chi connectivity index (χ2v) is 6.59. The van der Waals surface area contributed by atoms with E-state index in [4.69, 9.17) is 11.6 Å². The van der Waals surface area contributed by atoms with Crippen LogP contribution in [0, 0.1) is 10.1 Å². The van der Waals surface area contributed by atoms with Crippen LogP contribution in [-0.2, 0) is 9.84 Å². The number of aromatic nitrogens is 1. The van der Waals surface area contributed by atoms with Gasteiger partial charge in [0.25, 0.3) is 5.69 Å². The molecule has 7 nitrogen and oxygen atoms in total. The molecule has 1 aromatic carbocycles. The summed E-state index contributed by atoms with van der Waals surface area (Å²) in [5, 5.41) is 10.9. The van der Waals surface area contributed by atoms with Gasteiger partial charge in [0.05, 0.1) is 21.7 Å². The van der Waals surface area contributed by atoms with Gasteiger partial charge >= 0.3 is 0 Å². The summed E-state index contributed by atoms with van der Waals surface area (Å²) >= 11 is 5.67. The quantitative estimate of drug-likeness (QED) is 0.514. The van der Waals surface area contributed by atoms with Crippen LogP contribution in [-0.4, -0.2) is 29.9 Å². The summed E-state index contributed by atoms with van der Waals surface area (Å²) in [7, 11) is -3.83. The monoisotopic (exact) mass is 328 g/mol. The first kappa shape index (κ1) is 15.2. The average molecular weight is 329 g/mol. The number of carbonyl (C=O) groups excluding carboxylic acids is 1. The molecule has 0 saturated carbocycles. The van der Waals surface area contributed by atoms with Crippen LogP contribution in [0.5, 0.6) is 0 Å². The van der Waals surface area contributed by atoms with Gasteiger partial charge < -0.3 is 4.98 Å². The fraction of sp³-hybridized carbons (Fsp3) is 0.0833. The van der Waals surface area contributed by atoms with Crippen molar-refractivity contribution >= 4 is 32.9 Å². The Morgan fingerprint density at radius 3 is 2.43 bits per heavy atom. The molecule has 0 saturated heterocycles. The molecule has 0 bridgehead atoms. The maximum Gasteiger partial charge on any atom is 0.287 e. The van der Waals surface area contributed by atoms with E-state index in [1.807, 2.05) is 0 Å². The lowest BCUT2D eigenvalue weighted by molar-refractivity contribution is -0.384. The highest BCUT2D eigenvalue weighted by molar-refractivity contribution is 7.92. The first-order valence-corrected chi connectivity index (χ1v) is 7.67. The molecule has 2 aromatic rings. The highest BCUT2D eigenvalue weighted by Crippen LogP contribution is 2.18. The molecule has 0 aliphatic carbocycles. The molecule has 0 amide bonds. The zero-order chi connectivity index (χ0) is 15.6. The van der Waals surface area contributed by atoms with Crippen LogP contribution in [0.4, 0.5) is 5.69 Å². The Labute approximate surface area is 124 Å². The second-order valence-electron chi connectivity index (χ2n) is 4.16. The number of sulfone groups is 1. The van der Waals surface area contributed by atoms with Crippen molar-refractivity contribution in [2.45, 2.75) is 4.90 Å². The third kappa shape index (κ3) is 3.47. The minimum Gasteiger partial charge on any atom is -0.353 e. The number of H-pyrrole nitrogens is 1. The van der Waals surface area contributed by atoms with E-state index in [9.17, 15) is 23.3 Å². The van der Waals surface area contributed by atoms with Crippen molar-refractivity contribution in [1.29, 1.82) is 0 Å². The van der Waals surface area contributed by atoms with E-state index in [1.54, 1.807) is 0 Å². The molecule has 9 heteroatoms. The van der Waals surface area contributed by atoms with Crippen molar-refractivity contribution in [2.75, 3.05) is 5.75 Å². The van der Waals surface area contributed by atoms with Crippen LogP contribution < -0.4 is 0 Å². The third-order valence-electron chi connectivity index (χ3n) is 2.67. The largest absolute Gasteiger partial charge is 0.353 e. The van der Waals surface area contributed by atoms with Gasteiger partial charge in [0.15, 0.2) is 15.6 Å². The zero-order valence-corrected chi connectivity index (χ0v) is 12.0. The van der Waals surface area contributed by atoms with Gasteiger partial charge in [-0.05, 0) is 24.3 Å². The molecule has 1 N–H and O–H groups in total. The van der Waals surface area contributed by atoms with Crippen molar-refractivity contribution < 1.29 is 18.1 Å². The summed E-state index contributed by atoms with van der Waals surface area (Å²) in [4.78, 5) is 24.1. The molecule has 0 unspecified atom stereocenters. The number of halogens is 1. The number of Topliss-reactive ketones (excluding diaryl/α,β-unsaturated/α-hetero) is 1. The number of nitrogens with one attached hydrogen (secondary N) is 1. The standard InChI is InChI=1S/C12H9ClN2O5S/c13-8-1-3-10(4-2-8)21(19,20)7-12(16)11-5-9(6-14-11)15(17)18/h1-6,14H,7H2.